The number of halogens is 1. The maximum atomic E-state index is 14.0. The van der Waals surface area contributed by atoms with E-state index in [4.69, 9.17) is 0 Å². The Hall–Kier alpha value is -0.890. The molecule has 0 amide bonds. The van der Waals surface area contributed by atoms with Gasteiger partial charge in [-0.2, -0.15) is 0 Å². The molecule has 0 heterocycles. The van der Waals surface area contributed by atoms with Crippen molar-refractivity contribution in [3.05, 3.63) is 35.6 Å². The van der Waals surface area contributed by atoms with E-state index >= 15 is 0 Å². The van der Waals surface area contributed by atoms with Crippen LogP contribution in [-0.2, 0) is 6.42 Å². The van der Waals surface area contributed by atoms with E-state index in [0.29, 0.717) is 23.8 Å². The molecule has 0 saturated heterocycles. The van der Waals surface area contributed by atoms with Gasteiger partial charge in [0.1, 0.15) is 5.82 Å². The number of rotatable bonds is 3. The van der Waals surface area contributed by atoms with Gasteiger partial charge in [-0.3, -0.25) is 0 Å². The van der Waals surface area contributed by atoms with Crippen LogP contribution < -0.4 is 0 Å². The quantitative estimate of drug-likeness (QED) is 0.842. The number of benzene rings is 1. The summed E-state index contributed by atoms with van der Waals surface area (Å²) >= 11 is 0. The van der Waals surface area contributed by atoms with Crippen LogP contribution in [0.2, 0.25) is 0 Å². The lowest BCUT2D eigenvalue weighted by Gasteiger charge is -2.45. The van der Waals surface area contributed by atoms with Crippen molar-refractivity contribution in [3.63, 3.8) is 0 Å². The molecule has 2 heteroatoms. The third-order valence-corrected chi connectivity index (χ3v) is 5.74. The fourth-order valence-electron chi connectivity index (χ4n) is 4.65. The minimum Gasteiger partial charge on any atom is -0.389 e. The first kappa shape index (κ1) is 15.0. The van der Waals surface area contributed by atoms with Crippen LogP contribution in [0.4, 0.5) is 4.39 Å². The predicted octanol–water partition coefficient (Wildman–Crippen LogP) is 4.87. The lowest BCUT2D eigenvalue weighted by molar-refractivity contribution is -0.0771. The second-order valence-corrected chi connectivity index (χ2v) is 7.12. The van der Waals surface area contributed by atoms with E-state index in [-0.39, 0.29) is 5.82 Å². The Morgan fingerprint density at radius 3 is 2.48 bits per heavy atom. The van der Waals surface area contributed by atoms with Crippen molar-refractivity contribution in [3.8, 4) is 0 Å². The summed E-state index contributed by atoms with van der Waals surface area (Å²) in [6.07, 6.45) is 11.2. The Morgan fingerprint density at radius 1 is 1.00 bits per heavy atom. The van der Waals surface area contributed by atoms with Gasteiger partial charge in [0.15, 0.2) is 0 Å². The highest BCUT2D eigenvalue weighted by Gasteiger charge is 2.43. The van der Waals surface area contributed by atoms with Crippen LogP contribution in [0.5, 0.6) is 0 Å². The molecule has 1 nitrogen and oxygen atoms in total. The average Bonchev–Trinajstić information content (AvgIpc) is 2.51. The molecule has 0 bridgehead atoms. The minimum absolute atomic E-state index is 0.168. The normalized spacial score (nSPS) is 31.2. The topological polar surface area (TPSA) is 20.2 Å². The van der Waals surface area contributed by atoms with Gasteiger partial charge >= 0.3 is 0 Å². The molecule has 0 spiro atoms. The summed E-state index contributed by atoms with van der Waals surface area (Å²) in [7, 11) is 0. The molecule has 0 aliphatic heterocycles. The monoisotopic (exact) mass is 290 g/mol. The smallest absolute Gasteiger partial charge is 0.126 e. The van der Waals surface area contributed by atoms with Gasteiger partial charge in [0.05, 0.1) is 5.60 Å². The number of hydrogen-bond donors (Lipinski definition) is 1. The number of hydrogen-bond acceptors (Lipinski definition) is 1. The van der Waals surface area contributed by atoms with Crippen LogP contribution in [-0.4, -0.2) is 10.7 Å². The Kier molecular flexibility index (Phi) is 4.63. The zero-order valence-electron chi connectivity index (χ0n) is 12.9. The molecule has 2 fully saturated rings. The first-order chi connectivity index (χ1) is 10.2. The molecule has 2 saturated carbocycles. The second kappa shape index (κ2) is 6.48. The Labute approximate surface area is 127 Å². The van der Waals surface area contributed by atoms with Crippen LogP contribution in [0.1, 0.15) is 63.4 Å². The number of aliphatic hydroxyl groups is 1. The Morgan fingerprint density at radius 2 is 1.71 bits per heavy atom. The van der Waals surface area contributed by atoms with Gasteiger partial charge in [-0.15, -0.1) is 0 Å². The average molecular weight is 290 g/mol. The highest BCUT2D eigenvalue weighted by atomic mass is 19.1. The van der Waals surface area contributed by atoms with E-state index in [1.165, 1.54) is 44.6 Å². The van der Waals surface area contributed by atoms with Crippen LogP contribution in [0.3, 0.4) is 0 Å². The third-order valence-electron chi connectivity index (χ3n) is 5.74. The highest BCUT2D eigenvalue weighted by Crippen LogP contribution is 2.45. The van der Waals surface area contributed by atoms with Crippen molar-refractivity contribution in [2.75, 3.05) is 0 Å². The summed E-state index contributed by atoms with van der Waals surface area (Å²) in [6.45, 7) is 0. The van der Waals surface area contributed by atoms with Gasteiger partial charge in [0.2, 0.25) is 0 Å². The summed E-state index contributed by atoms with van der Waals surface area (Å²) in [4.78, 5) is 0. The molecule has 1 N–H and O–H groups in total. The van der Waals surface area contributed by atoms with Crippen LogP contribution in [0, 0.1) is 17.7 Å². The fourth-order valence-corrected chi connectivity index (χ4v) is 4.65. The van der Waals surface area contributed by atoms with E-state index in [1.807, 2.05) is 12.1 Å². The standard InChI is InChI=1S/C19H27FO/c20-18-12-5-4-10-16(18)14-19(21)13-7-6-11-17(19)15-8-2-1-3-9-15/h4-5,10,12,15,17,21H,1-3,6-9,11,13-14H2. The lowest BCUT2D eigenvalue weighted by atomic mass is 9.64. The highest BCUT2D eigenvalue weighted by molar-refractivity contribution is 5.20. The molecule has 3 rings (SSSR count). The molecule has 2 atom stereocenters. The summed E-state index contributed by atoms with van der Waals surface area (Å²) in [5.41, 5.74) is -0.00895. The molecule has 1 aromatic rings. The van der Waals surface area contributed by atoms with Gasteiger partial charge in [0.25, 0.3) is 0 Å². The van der Waals surface area contributed by atoms with Gasteiger partial charge in [0, 0.05) is 6.42 Å². The van der Waals surface area contributed by atoms with Crippen molar-refractivity contribution < 1.29 is 9.50 Å². The van der Waals surface area contributed by atoms with E-state index in [9.17, 15) is 9.50 Å². The zero-order chi connectivity index (χ0) is 14.7. The third kappa shape index (κ3) is 3.31. The molecule has 2 unspecified atom stereocenters. The van der Waals surface area contributed by atoms with Crippen LogP contribution in [0.25, 0.3) is 0 Å². The molecule has 0 radical (unpaired) electrons. The van der Waals surface area contributed by atoms with Gasteiger partial charge in [-0.1, -0.05) is 63.1 Å². The fraction of sp³-hybridized carbons (Fsp3) is 0.684. The van der Waals surface area contributed by atoms with Crippen LogP contribution >= 0.6 is 0 Å². The maximum Gasteiger partial charge on any atom is 0.126 e. The molecule has 2 aliphatic rings. The Bertz CT molecular complexity index is 466. The lowest BCUT2D eigenvalue weighted by Crippen LogP contribution is -2.46. The molecule has 0 aromatic heterocycles. The first-order valence-corrected chi connectivity index (χ1v) is 8.65. The van der Waals surface area contributed by atoms with E-state index in [0.717, 1.165) is 19.3 Å². The molecule has 116 valence electrons. The van der Waals surface area contributed by atoms with E-state index < -0.39 is 5.60 Å². The van der Waals surface area contributed by atoms with E-state index in [2.05, 4.69) is 0 Å². The van der Waals surface area contributed by atoms with Crippen molar-refractivity contribution >= 4 is 0 Å². The second-order valence-electron chi connectivity index (χ2n) is 7.12. The summed E-state index contributed by atoms with van der Waals surface area (Å²) < 4.78 is 14.0. The van der Waals surface area contributed by atoms with E-state index in [1.54, 1.807) is 6.07 Å². The molecular weight excluding hydrogens is 263 g/mol. The van der Waals surface area contributed by atoms with Crippen molar-refractivity contribution in [1.82, 2.24) is 0 Å². The summed E-state index contributed by atoms with van der Waals surface area (Å²) in [6, 6.07) is 6.94. The van der Waals surface area contributed by atoms with Gasteiger partial charge in [-0.25, -0.2) is 4.39 Å². The largest absolute Gasteiger partial charge is 0.389 e. The molecule has 21 heavy (non-hydrogen) atoms. The predicted molar refractivity (Wildman–Crippen MR) is 83.6 cm³/mol. The molecule has 1 aromatic carbocycles. The van der Waals surface area contributed by atoms with Crippen molar-refractivity contribution in [1.29, 1.82) is 0 Å². The first-order valence-electron chi connectivity index (χ1n) is 8.65. The SMILES string of the molecule is OC1(Cc2ccccc2F)CCCCC1C1CCCCC1. The molecule has 2 aliphatic carbocycles. The van der Waals surface area contributed by atoms with Gasteiger partial charge in [-0.05, 0) is 36.3 Å². The summed E-state index contributed by atoms with van der Waals surface area (Å²) in [5.74, 6) is 0.848. The van der Waals surface area contributed by atoms with Gasteiger partial charge < -0.3 is 5.11 Å². The maximum absolute atomic E-state index is 14.0. The van der Waals surface area contributed by atoms with Crippen molar-refractivity contribution in [2.45, 2.75) is 69.8 Å². The molecular formula is C19H27FO. The minimum atomic E-state index is -0.692. The van der Waals surface area contributed by atoms with Crippen molar-refractivity contribution in [2.24, 2.45) is 11.8 Å². The zero-order valence-corrected chi connectivity index (χ0v) is 12.9. The van der Waals surface area contributed by atoms with Crippen LogP contribution in [0.15, 0.2) is 24.3 Å². The summed E-state index contributed by atoms with van der Waals surface area (Å²) in [5, 5.41) is 11.3. The Balaban J connectivity index is 1.79.